The molecule has 2 N–H and O–H groups in total. The van der Waals surface area contributed by atoms with Gasteiger partial charge >= 0.3 is 0 Å². The van der Waals surface area contributed by atoms with Crippen LogP contribution in [0.25, 0.3) is 11.0 Å². The smallest absolute Gasteiger partial charge is 0.134 e. The van der Waals surface area contributed by atoms with Crippen molar-refractivity contribution in [1.82, 2.24) is 0 Å². The predicted octanol–water partition coefficient (Wildman–Crippen LogP) is 3.96. The van der Waals surface area contributed by atoms with Gasteiger partial charge in [-0.05, 0) is 31.2 Å². The number of nitrogens with zero attached hydrogens (tertiary/aromatic N) is 1. The molecule has 0 bridgehead atoms. The quantitative estimate of drug-likeness (QED) is 0.769. The lowest BCUT2D eigenvalue weighted by Gasteiger charge is -2.30. The highest BCUT2D eigenvalue weighted by atomic mass is 16.3. The monoisotopic (exact) mass is 280 g/mol. The summed E-state index contributed by atoms with van der Waals surface area (Å²) in [6.07, 6.45) is 0. The van der Waals surface area contributed by atoms with Crippen molar-refractivity contribution in [3.8, 4) is 0 Å². The Morgan fingerprint density at radius 3 is 2.43 bits per heavy atom. The molecule has 1 heterocycles. The van der Waals surface area contributed by atoms with E-state index in [1.165, 1.54) is 0 Å². The standard InChI is InChI=1S/C18H20N2O/c1-2-20(15-9-4-3-5-10-15)16(13-19)18-12-14-8-6-7-11-17(14)21-18/h3-12,16H,2,13,19H2,1H3. The molecule has 3 aromatic rings. The number of rotatable bonds is 5. The molecule has 0 aliphatic heterocycles. The zero-order valence-electron chi connectivity index (χ0n) is 12.2. The summed E-state index contributed by atoms with van der Waals surface area (Å²) in [6, 6.07) is 20.5. The molecule has 0 spiro atoms. The van der Waals surface area contributed by atoms with Gasteiger partial charge in [-0.3, -0.25) is 0 Å². The van der Waals surface area contributed by atoms with Crippen LogP contribution in [0.4, 0.5) is 5.69 Å². The first-order valence-corrected chi connectivity index (χ1v) is 7.33. The SMILES string of the molecule is CCN(c1ccccc1)C(CN)c1cc2ccccc2o1. The normalized spacial score (nSPS) is 12.5. The molecule has 0 aliphatic rings. The predicted molar refractivity (Wildman–Crippen MR) is 87.5 cm³/mol. The summed E-state index contributed by atoms with van der Waals surface area (Å²) in [4.78, 5) is 2.28. The third-order valence-electron chi connectivity index (χ3n) is 3.80. The van der Waals surface area contributed by atoms with E-state index in [1.54, 1.807) is 0 Å². The van der Waals surface area contributed by atoms with Crippen LogP contribution < -0.4 is 10.6 Å². The maximum atomic E-state index is 6.04. The molecule has 3 nitrogen and oxygen atoms in total. The van der Waals surface area contributed by atoms with Gasteiger partial charge in [0.05, 0.1) is 6.04 Å². The van der Waals surface area contributed by atoms with Gasteiger partial charge < -0.3 is 15.1 Å². The van der Waals surface area contributed by atoms with Crippen LogP contribution >= 0.6 is 0 Å². The van der Waals surface area contributed by atoms with E-state index in [0.717, 1.165) is 29.0 Å². The van der Waals surface area contributed by atoms with Gasteiger partial charge in [-0.1, -0.05) is 36.4 Å². The maximum absolute atomic E-state index is 6.04. The summed E-state index contributed by atoms with van der Waals surface area (Å²) in [5.41, 5.74) is 8.11. The van der Waals surface area contributed by atoms with Crippen LogP contribution in [0, 0.1) is 0 Å². The van der Waals surface area contributed by atoms with Crippen LogP contribution in [0.15, 0.2) is 65.1 Å². The highest BCUT2D eigenvalue weighted by Crippen LogP contribution is 2.30. The highest BCUT2D eigenvalue weighted by molar-refractivity contribution is 5.78. The van der Waals surface area contributed by atoms with E-state index >= 15 is 0 Å². The molecule has 0 saturated heterocycles. The van der Waals surface area contributed by atoms with E-state index in [9.17, 15) is 0 Å². The molecule has 1 unspecified atom stereocenters. The highest BCUT2D eigenvalue weighted by Gasteiger charge is 2.21. The van der Waals surface area contributed by atoms with Gasteiger partial charge in [-0.2, -0.15) is 0 Å². The van der Waals surface area contributed by atoms with Gasteiger partial charge in [-0.15, -0.1) is 0 Å². The molecule has 0 fully saturated rings. The number of hydrogen-bond donors (Lipinski definition) is 1. The fourth-order valence-electron chi connectivity index (χ4n) is 2.77. The minimum absolute atomic E-state index is 0.0461. The van der Waals surface area contributed by atoms with Gasteiger partial charge in [0.1, 0.15) is 11.3 Å². The van der Waals surface area contributed by atoms with Crippen molar-refractivity contribution in [3.05, 3.63) is 66.4 Å². The number of anilines is 1. The van der Waals surface area contributed by atoms with Crippen molar-refractivity contribution in [3.63, 3.8) is 0 Å². The van der Waals surface area contributed by atoms with Crippen LogP contribution in [0.1, 0.15) is 18.7 Å². The van der Waals surface area contributed by atoms with Crippen LogP contribution in [-0.2, 0) is 0 Å². The Kier molecular flexibility index (Phi) is 3.93. The first kappa shape index (κ1) is 13.7. The molecule has 21 heavy (non-hydrogen) atoms. The first-order valence-electron chi connectivity index (χ1n) is 7.33. The van der Waals surface area contributed by atoms with Crippen molar-refractivity contribution < 1.29 is 4.42 Å². The van der Waals surface area contributed by atoms with Gasteiger partial charge in [-0.25, -0.2) is 0 Å². The van der Waals surface area contributed by atoms with Crippen LogP contribution in [0.3, 0.4) is 0 Å². The number of hydrogen-bond acceptors (Lipinski definition) is 3. The Balaban J connectivity index is 1.99. The molecular formula is C18H20N2O. The number of furan rings is 1. The second-order valence-corrected chi connectivity index (χ2v) is 5.06. The van der Waals surface area contributed by atoms with Crippen molar-refractivity contribution in [2.75, 3.05) is 18.0 Å². The number of para-hydroxylation sites is 2. The second-order valence-electron chi connectivity index (χ2n) is 5.06. The fraction of sp³-hybridized carbons (Fsp3) is 0.222. The molecule has 1 atom stereocenters. The lowest BCUT2D eigenvalue weighted by molar-refractivity contribution is 0.479. The molecule has 0 aliphatic carbocycles. The van der Waals surface area contributed by atoms with Gasteiger partial charge in [0, 0.05) is 24.2 Å². The summed E-state index contributed by atoms with van der Waals surface area (Å²) < 4.78 is 6.00. The first-order chi connectivity index (χ1) is 10.3. The van der Waals surface area contributed by atoms with E-state index in [-0.39, 0.29) is 6.04 Å². The summed E-state index contributed by atoms with van der Waals surface area (Å²) in [7, 11) is 0. The lowest BCUT2D eigenvalue weighted by atomic mass is 10.1. The minimum Gasteiger partial charge on any atom is -0.459 e. The van der Waals surface area contributed by atoms with E-state index in [0.29, 0.717) is 6.54 Å². The number of likely N-dealkylation sites (N-methyl/N-ethyl adjacent to an activating group) is 1. The third kappa shape index (κ3) is 2.65. The number of nitrogens with two attached hydrogens (primary N) is 1. The molecule has 0 radical (unpaired) electrons. The Bertz CT molecular complexity index is 672. The van der Waals surface area contributed by atoms with E-state index in [1.807, 2.05) is 36.4 Å². The largest absolute Gasteiger partial charge is 0.459 e. The Hall–Kier alpha value is -2.26. The van der Waals surface area contributed by atoms with Crippen molar-refractivity contribution in [2.24, 2.45) is 5.73 Å². The number of fused-ring (bicyclic) bond motifs is 1. The van der Waals surface area contributed by atoms with Gasteiger partial charge in [0.15, 0.2) is 0 Å². The zero-order chi connectivity index (χ0) is 14.7. The molecular weight excluding hydrogens is 260 g/mol. The topological polar surface area (TPSA) is 42.4 Å². The van der Waals surface area contributed by atoms with E-state index in [4.69, 9.17) is 10.2 Å². The van der Waals surface area contributed by atoms with Gasteiger partial charge in [0.2, 0.25) is 0 Å². The summed E-state index contributed by atoms with van der Waals surface area (Å²) >= 11 is 0. The molecule has 3 heteroatoms. The van der Waals surface area contributed by atoms with Crippen LogP contribution in [0.2, 0.25) is 0 Å². The fourth-order valence-corrected chi connectivity index (χ4v) is 2.77. The second kappa shape index (κ2) is 6.02. The zero-order valence-corrected chi connectivity index (χ0v) is 12.2. The van der Waals surface area contributed by atoms with Crippen LogP contribution in [0.5, 0.6) is 0 Å². The lowest BCUT2D eigenvalue weighted by Crippen LogP contribution is -2.33. The molecule has 0 saturated carbocycles. The maximum Gasteiger partial charge on any atom is 0.134 e. The average Bonchev–Trinajstić information content (AvgIpc) is 2.96. The average molecular weight is 280 g/mol. The molecule has 2 aromatic carbocycles. The third-order valence-corrected chi connectivity index (χ3v) is 3.80. The molecule has 0 amide bonds. The summed E-state index contributed by atoms with van der Waals surface area (Å²) in [5, 5.41) is 1.12. The molecule has 1 aromatic heterocycles. The number of benzene rings is 2. The van der Waals surface area contributed by atoms with E-state index < -0.39 is 0 Å². The van der Waals surface area contributed by atoms with Gasteiger partial charge in [0.25, 0.3) is 0 Å². The molecule has 3 rings (SSSR count). The molecule has 108 valence electrons. The minimum atomic E-state index is 0.0461. The van der Waals surface area contributed by atoms with Crippen molar-refractivity contribution in [2.45, 2.75) is 13.0 Å². The van der Waals surface area contributed by atoms with E-state index in [2.05, 4.69) is 36.1 Å². The Morgan fingerprint density at radius 1 is 1.05 bits per heavy atom. The Labute approximate surface area is 125 Å². The van der Waals surface area contributed by atoms with Crippen LogP contribution in [-0.4, -0.2) is 13.1 Å². The van der Waals surface area contributed by atoms with Crippen molar-refractivity contribution in [1.29, 1.82) is 0 Å². The Morgan fingerprint density at radius 2 is 1.76 bits per heavy atom. The summed E-state index contributed by atoms with van der Waals surface area (Å²) in [6.45, 7) is 3.53. The van der Waals surface area contributed by atoms with Crippen molar-refractivity contribution >= 4 is 16.7 Å². The summed E-state index contributed by atoms with van der Waals surface area (Å²) in [5.74, 6) is 0.921.